The largest absolute Gasteiger partial charge is 0.367 e. The zero-order chi connectivity index (χ0) is 19.9. The minimum atomic E-state index is 0. The molecule has 0 atom stereocenters. The molecule has 0 fully saturated rings. The number of aryl methyl sites for hydroxylation is 1. The van der Waals surface area contributed by atoms with Crippen molar-refractivity contribution in [2.24, 2.45) is 12.0 Å². The van der Waals surface area contributed by atoms with Crippen molar-refractivity contribution in [1.82, 2.24) is 30.0 Å². The molecule has 0 saturated heterocycles. The van der Waals surface area contributed by atoms with E-state index in [2.05, 4.69) is 77.7 Å². The topological polar surface area (TPSA) is 83.3 Å². The van der Waals surface area contributed by atoms with Crippen LogP contribution in [0.4, 0.5) is 5.82 Å². The van der Waals surface area contributed by atoms with Gasteiger partial charge in [-0.3, -0.25) is 9.67 Å². The van der Waals surface area contributed by atoms with E-state index in [-0.39, 0.29) is 24.0 Å². The number of anilines is 1. The molecule has 8 nitrogen and oxygen atoms in total. The van der Waals surface area contributed by atoms with Crippen LogP contribution in [0.2, 0.25) is 0 Å². The van der Waals surface area contributed by atoms with E-state index >= 15 is 0 Å². The summed E-state index contributed by atoms with van der Waals surface area (Å²) < 4.78 is 2.82. The zero-order valence-corrected chi connectivity index (χ0v) is 20.7. The predicted octanol–water partition coefficient (Wildman–Crippen LogP) is 3.25. The normalized spacial score (nSPS) is 11.2. The van der Waals surface area contributed by atoms with E-state index < -0.39 is 0 Å². The lowest BCUT2D eigenvalue weighted by Gasteiger charge is -2.22. The van der Waals surface area contributed by atoms with Crippen LogP contribution in [0.25, 0.3) is 11.0 Å². The maximum atomic E-state index is 4.72. The molecular formula is C19H26BrIN8. The number of nitrogens with one attached hydrogen (secondary N) is 2. The standard InChI is InChI=1S/C19H25BrN8.HI/c1-4-21-19(27(2)12-14-5-7-15(20)8-6-14)23-10-9-22-17-16-11-26-28(3)18(16)25-13-24-17;/h5-8,11,13H,4,9-10,12H2,1-3H3,(H,21,23)(H,22,24,25);1H. The van der Waals surface area contributed by atoms with E-state index in [1.165, 1.54) is 5.56 Å². The molecular weight excluding hydrogens is 547 g/mol. The average Bonchev–Trinajstić information content (AvgIpc) is 3.08. The lowest BCUT2D eigenvalue weighted by Crippen LogP contribution is -2.38. The van der Waals surface area contributed by atoms with Crippen molar-refractivity contribution in [2.75, 3.05) is 32.0 Å². The first kappa shape index (κ1) is 23.3. The SMILES string of the molecule is CCNC(=NCCNc1ncnc2c1cnn2C)N(C)Cc1ccc(Br)cc1.I. The van der Waals surface area contributed by atoms with Gasteiger partial charge in [0.05, 0.1) is 18.1 Å². The second kappa shape index (κ2) is 11.3. The lowest BCUT2D eigenvalue weighted by molar-refractivity contribution is 0.477. The number of halogens is 2. The number of nitrogens with zero attached hydrogens (tertiary/aromatic N) is 6. The molecule has 0 bridgehead atoms. The Hall–Kier alpha value is -1.95. The summed E-state index contributed by atoms with van der Waals surface area (Å²) in [6, 6.07) is 8.33. The van der Waals surface area contributed by atoms with Crippen molar-refractivity contribution in [3.05, 3.63) is 46.8 Å². The van der Waals surface area contributed by atoms with Gasteiger partial charge < -0.3 is 15.5 Å². The fourth-order valence-electron chi connectivity index (χ4n) is 2.85. The summed E-state index contributed by atoms with van der Waals surface area (Å²) in [6.45, 7) is 4.97. The maximum absolute atomic E-state index is 4.72. The van der Waals surface area contributed by atoms with Gasteiger partial charge in [0.2, 0.25) is 0 Å². The van der Waals surface area contributed by atoms with Gasteiger partial charge in [-0.2, -0.15) is 5.10 Å². The molecule has 0 saturated carbocycles. The quantitative estimate of drug-likeness (QED) is 0.196. The van der Waals surface area contributed by atoms with Crippen molar-refractivity contribution in [2.45, 2.75) is 13.5 Å². The molecule has 0 aliphatic carbocycles. The molecule has 156 valence electrons. The van der Waals surface area contributed by atoms with E-state index in [9.17, 15) is 0 Å². The first-order chi connectivity index (χ1) is 13.6. The molecule has 0 unspecified atom stereocenters. The molecule has 2 aromatic heterocycles. The summed E-state index contributed by atoms with van der Waals surface area (Å²) in [5.41, 5.74) is 2.04. The van der Waals surface area contributed by atoms with Crippen LogP contribution in [0, 0.1) is 0 Å². The summed E-state index contributed by atoms with van der Waals surface area (Å²) >= 11 is 3.47. The van der Waals surface area contributed by atoms with Crippen LogP contribution in [-0.2, 0) is 13.6 Å². The highest BCUT2D eigenvalue weighted by atomic mass is 127. The van der Waals surface area contributed by atoms with Gasteiger partial charge in [-0.05, 0) is 24.6 Å². The molecule has 10 heteroatoms. The fourth-order valence-corrected chi connectivity index (χ4v) is 3.11. The highest BCUT2D eigenvalue weighted by molar-refractivity contribution is 14.0. The summed E-state index contributed by atoms with van der Waals surface area (Å²) in [5.74, 6) is 1.66. The third kappa shape index (κ3) is 6.26. The third-order valence-corrected chi connectivity index (χ3v) is 4.75. The van der Waals surface area contributed by atoms with E-state index in [1.807, 2.05) is 14.1 Å². The first-order valence-electron chi connectivity index (χ1n) is 9.19. The minimum absolute atomic E-state index is 0. The Labute approximate surface area is 196 Å². The molecule has 2 heterocycles. The smallest absolute Gasteiger partial charge is 0.194 e. The van der Waals surface area contributed by atoms with E-state index in [0.29, 0.717) is 13.1 Å². The van der Waals surface area contributed by atoms with E-state index in [1.54, 1.807) is 17.2 Å². The van der Waals surface area contributed by atoms with Crippen LogP contribution in [-0.4, -0.2) is 57.3 Å². The number of hydrogen-bond donors (Lipinski definition) is 2. The van der Waals surface area contributed by atoms with E-state index in [4.69, 9.17) is 4.99 Å². The van der Waals surface area contributed by atoms with Gasteiger partial charge in [-0.15, -0.1) is 24.0 Å². The molecule has 0 spiro atoms. The molecule has 0 aliphatic rings. The molecule has 3 aromatic rings. The molecule has 29 heavy (non-hydrogen) atoms. The van der Waals surface area contributed by atoms with Crippen LogP contribution >= 0.6 is 39.9 Å². The number of rotatable bonds is 7. The number of hydrogen-bond acceptors (Lipinski definition) is 5. The molecule has 1 aromatic carbocycles. The predicted molar refractivity (Wildman–Crippen MR) is 132 cm³/mol. The number of aromatic nitrogens is 4. The second-order valence-corrected chi connectivity index (χ2v) is 7.29. The molecule has 3 rings (SSSR count). The Kier molecular flexibility index (Phi) is 9.08. The van der Waals surface area contributed by atoms with Gasteiger partial charge in [-0.1, -0.05) is 28.1 Å². The summed E-state index contributed by atoms with van der Waals surface area (Å²) in [7, 11) is 3.91. The summed E-state index contributed by atoms with van der Waals surface area (Å²) in [6.07, 6.45) is 3.32. The highest BCUT2D eigenvalue weighted by Crippen LogP contribution is 2.17. The van der Waals surface area contributed by atoms with Crippen LogP contribution in [0.3, 0.4) is 0 Å². The van der Waals surface area contributed by atoms with Crippen LogP contribution in [0.5, 0.6) is 0 Å². The van der Waals surface area contributed by atoms with Crippen molar-refractivity contribution < 1.29 is 0 Å². The monoisotopic (exact) mass is 572 g/mol. The average molecular weight is 573 g/mol. The first-order valence-corrected chi connectivity index (χ1v) is 9.98. The highest BCUT2D eigenvalue weighted by Gasteiger charge is 2.08. The van der Waals surface area contributed by atoms with E-state index in [0.717, 1.165) is 40.4 Å². The Bertz CT molecular complexity index is 941. The van der Waals surface area contributed by atoms with Gasteiger partial charge in [0.15, 0.2) is 11.6 Å². The fraction of sp³-hybridized carbons (Fsp3) is 0.368. The Morgan fingerprint density at radius 2 is 2.00 bits per heavy atom. The molecule has 0 aliphatic heterocycles. The van der Waals surface area contributed by atoms with Crippen LogP contribution < -0.4 is 10.6 Å². The third-order valence-electron chi connectivity index (χ3n) is 4.22. The Balaban J connectivity index is 0.00000300. The van der Waals surface area contributed by atoms with Crippen molar-refractivity contribution in [1.29, 1.82) is 0 Å². The Morgan fingerprint density at radius 3 is 2.72 bits per heavy atom. The molecule has 0 amide bonds. The van der Waals surface area contributed by atoms with Gasteiger partial charge in [-0.25, -0.2) is 9.97 Å². The number of aliphatic imine (C=N–C) groups is 1. The van der Waals surface area contributed by atoms with Gasteiger partial charge in [0, 0.05) is 38.2 Å². The van der Waals surface area contributed by atoms with Gasteiger partial charge in [0.25, 0.3) is 0 Å². The van der Waals surface area contributed by atoms with Crippen molar-refractivity contribution in [3.8, 4) is 0 Å². The van der Waals surface area contributed by atoms with Crippen LogP contribution in [0.1, 0.15) is 12.5 Å². The van der Waals surface area contributed by atoms with Crippen LogP contribution in [0.15, 0.2) is 46.3 Å². The lowest BCUT2D eigenvalue weighted by atomic mass is 10.2. The minimum Gasteiger partial charge on any atom is -0.367 e. The maximum Gasteiger partial charge on any atom is 0.194 e. The summed E-state index contributed by atoms with van der Waals surface area (Å²) in [5, 5.41) is 11.8. The molecule has 2 N–H and O–H groups in total. The number of guanidine groups is 1. The van der Waals surface area contributed by atoms with Crippen molar-refractivity contribution in [3.63, 3.8) is 0 Å². The number of benzene rings is 1. The summed E-state index contributed by atoms with van der Waals surface area (Å²) in [4.78, 5) is 15.4. The molecule has 0 radical (unpaired) electrons. The second-order valence-electron chi connectivity index (χ2n) is 6.37. The van der Waals surface area contributed by atoms with Gasteiger partial charge in [0.1, 0.15) is 12.1 Å². The van der Waals surface area contributed by atoms with Crippen molar-refractivity contribution >= 4 is 62.7 Å². The van der Waals surface area contributed by atoms with Gasteiger partial charge >= 0.3 is 0 Å². The zero-order valence-electron chi connectivity index (χ0n) is 16.8. The Morgan fingerprint density at radius 1 is 1.24 bits per heavy atom. The number of fused-ring (bicyclic) bond motifs is 1.